The predicted molar refractivity (Wildman–Crippen MR) is 32.8 cm³/mol. The van der Waals surface area contributed by atoms with Crippen LogP contribution in [-0.4, -0.2) is 11.0 Å². The van der Waals surface area contributed by atoms with E-state index < -0.39 is 41.5 Å². The molecule has 0 amide bonds. The first-order valence-corrected chi connectivity index (χ1v) is 3.32. The molecule has 7 heteroatoms. The molecule has 0 aliphatic rings. The van der Waals surface area contributed by atoms with Crippen LogP contribution in [0.2, 0.25) is 0 Å². The van der Waals surface area contributed by atoms with Gasteiger partial charge in [-0.1, -0.05) is 0 Å². The molecule has 0 aliphatic carbocycles. The number of carbonyl (C=O) groups excluding carboxylic acids is 1. The molecule has 0 aromatic carbocycles. The summed E-state index contributed by atoms with van der Waals surface area (Å²) >= 11 is 0. The Morgan fingerprint density at radius 2 is 1.57 bits per heavy atom. The molecule has 76 valence electrons. The summed E-state index contributed by atoms with van der Waals surface area (Å²) < 4.78 is 50.1. The smallest absolute Gasteiger partial charge is 0.252 e. The SMILES string of the molecule is O=C([O-])Cc1c(F)c(F)nc(F)c1F. The van der Waals surface area contributed by atoms with E-state index >= 15 is 0 Å². The van der Waals surface area contributed by atoms with Crippen LogP contribution in [0.4, 0.5) is 17.6 Å². The fraction of sp³-hybridized carbons (Fsp3) is 0.143. The number of aliphatic carboxylic acids is 1. The van der Waals surface area contributed by atoms with Gasteiger partial charge in [0, 0.05) is 18.0 Å². The molecule has 1 aromatic rings. The summed E-state index contributed by atoms with van der Waals surface area (Å²) in [5.74, 6) is -9.28. The largest absolute Gasteiger partial charge is 0.550 e. The van der Waals surface area contributed by atoms with Crippen LogP contribution in [0.1, 0.15) is 5.56 Å². The second kappa shape index (κ2) is 3.60. The Hall–Kier alpha value is -1.66. The van der Waals surface area contributed by atoms with Crippen molar-refractivity contribution in [3.63, 3.8) is 0 Å². The van der Waals surface area contributed by atoms with Crippen molar-refractivity contribution in [3.05, 3.63) is 29.1 Å². The van der Waals surface area contributed by atoms with E-state index in [9.17, 15) is 27.5 Å². The highest BCUT2D eigenvalue weighted by Gasteiger charge is 2.20. The lowest BCUT2D eigenvalue weighted by Crippen LogP contribution is -2.26. The second-order valence-electron chi connectivity index (χ2n) is 2.35. The Balaban J connectivity index is 3.31. The fourth-order valence-electron chi connectivity index (χ4n) is 0.829. The molecule has 1 aromatic heterocycles. The molecule has 1 rings (SSSR count). The molecule has 0 radical (unpaired) electrons. The maximum atomic E-state index is 12.7. The maximum absolute atomic E-state index is 12.7. The van der Waals surface area contributed by atoms with Crippen molar-refractivity contribution in [2.45, 2.75) is 6.42 Å². The number of halogens is 4. The summed E-state index contributed by atoms with van der Waals surface area (Å²) in [7, 11) is 0. The summed E-state index contributed by atoms with van der Waals surface area (Å²) in [5.41, 5.74) is -1.24. The average molecular weight is 208 g/mol. The summed E-state index contributed by atoms with van der Waals surface area (Å²) in [6, 6.07) is 0. The third-order valence-electron chi connectivity index (χ3n) is 1.41. The van der Waals surface area contributed by atoms with Crippen molar-refractivity contribution in [2.75, 3.05) is 0 Å². The Bertz CT molecular complexity index is 368. The van der Waals surface area contributed by atoms with Crippen LogP contribution in [-0.2, 0) is 11.2 Å². The zero-order valence-corrected chi connectivity index (χ0v) is 6.48. The standard InChI is InChI=1S/C7H3F4NO2/c8-4-2(1-3(13)14)5(9)7(11)12-6(4)10/h1H2,(H,13,14)/p-1. The molecular weight excluding hydrogens is 206 g/mol. The maximum Gasteiger partial charge on any atom is 0.252 e. The van der Waals surface area contributed by atoms with Gasteiger partial charge in [0.15, 0.2) is 11.6 Å². The fourth-order valence-corrected chi connectivity index (χ4v) is 0.829. The molecule has 0 atom stereocenters. The monoisotopic (exact) mass is 208 g/mol. The topological polar surface area (TPSA) is 53.0 Å². The molecule has 3 nitrogen and oxygen atoms in total. The Morgan fingerprint density at radius 1 is 1.14 bits per heavy atom. The Morgan fingerprint density at radius 3 is 1.93 bits per heavy atom. The molecule has 0 bridgehead atoms. The zero-order chi connectivity index (χ0) is 10.9. The van der Waals surface area contributed by atoms with Crippen molar-refractivity contribution >= 4 is 5.97 Å². The summed E-state index contributed by atoms with van der Waals surface area (Å²) in [4.78, 5) is 12.2. The number of carboxylic acid groups (broad SMARTS) is 1. The van der Waals surface area contributed by atoms with Crippen LogP contribution in [0.15, 0.2) is 0 Å². The lowest BCUT2D eigenvalue weighted by Gasteiger charge is -2.06. The van der Waals surface area contributed by atoms with Gasteiger partial charge >= 0.3 is 0 Å². The molecule has 1 heterocycles. The molecular formula is C7H2F4NO2-. The van der Waals surface area contributed by atoms with Gasteiger partial charge in [0.1, 0.15) is 0 Å². The lowest BCUT2D eigenvalue weighted by molar-refractivity contribution is -0.304. The van der Waals surface area contributed by atoms with Gasteiger partial charge in [-0.15, -0.1) is 0 Å². The number of hydrogen-bond acceptors (Lipinski definition) is 3. The second-order valence-corrected chi connectivity index (χ2v) is 2.35. The van der Waals surface area contributed by atoms with Crippen molar-refractivity contribution in [1.29, 1.82) is 0 Å². The molecule has 0 fully saturated rings. The van der Waals surface area contributed by atoms with Gasteiger partial charge in [-0.05, 0) is 0 Å². The van der Waals surface area contributed by atoms with E-state index in [0.717, 1.165) is 0 Å². The molecule has 0 saturated heterocycles. The van der Waals surface area contributed by atoms with Gasteiger partial charge in [-0.25, -0.2) is 8.78 Å². The first kappa shape index (κ1) is 10.4. The first-order valence-electron chi connectivity index (χ1n) is 3.32. The number of hydrogen-bond donors (Lipinski definition) is 0. The number of carboxylic acids is 1. The minimum atomic E-state index is -1.89. The first-order chi connectivity index (χ1) is 6.43. The van der Waals surface area contributed by atoms with Crippen LogP contribution in [0.5, 0.6) is 0 Å². The minimum absolute atomic E-state index is 1.24. The molecule has 14 heavy (non-hydrogen) atoms. The van der Waals surface area contributed by atoms with E-state index in [1.165, 1.54) is 0 Å². The number of aromatic nitrogens is 1. The number of pyridine rings is 1. The summed E-state index contributed by atoms with van der Waals surface area (Å²) in [6.07, 6.45) is -1.26. The van der Waals surface area contributed by atoms with Gasteiger partial charge in [0.05, 0.1) is 0 Å². The van der Waals surface area contributed by atoms with E-state index in [1.807, 2.05) is 0 Å². The van der Waals surface area contributed by atoms with Gasteiger partial charge in [0.2, 0.25) is 0 Å². The molecule has 0 spiro atoms. The molecule has 0 aliphatic heterocycles. The summed E-state index contributed by atoms with van der Waals surface area (Å²) in [6.45, 7) is 0. The van der Waals surface area contributed by atoms with Gasteiger partial charge in [0.25, 0.3) is 11.9 Å². The highest BCUT2D eigenvalue weighted by molar-refractivity contribution is 5.68. The van der Waals surface area contributed by atoms with Crippen molar-refractivity contribution in [2.24, 2.45) is 0 Å². The number of rotatable bonds is 2. The third kappa shape index (κ3) is 1.81. The van der Waals surface area contributed by atoms with E-state index in [4.69, 9.17) is 0 Å². The molecule has 0 N–H and O–H groups in total. The normalized spacial score (nSPS) is 10.3. The van der Waals surface area contributed by atoms with Crippen LogP contribution in [0, 0.1) is 23.5 Å². The van der Waals surface area contributed by atoms with E-state index in [-0.39, 0.29) is 0 Å². The number of nitrogens with zero attached hydrogens (tertiary/aromatic N) is 1. The summed E-state index contributed by atoms with van der Waals surface area (Å²) in [5, 5.41) is 9.99. The van der Waals surface area contributed by atoms with Crippen LogP contribution >= 0.6 is 0 Å². The van der Waals surface area contributed by atoms with Gasteiger partial charge < -0.3 is 9.90 Å². The van der Waals surface area contributed by atoms with Crippen molar-refractivity contribution in [1.82, 2.24) is 4.98 Å². The van der Waals surface area contributed by atoms with Gasteiger partial charge in [-0.2, -0.15) is 13.8 Å². The highest BCUT2D eigenvalue weighted by Crippen LogP contribution is 2.16. The van der Waals surface area contributed by atoms with Crippen LogP contribution in [0.3, 0.4) is 0 Å². The van der Waals surface area contributed by atoms with Crippen LogP contribution < -0.4 is 5.11 Å². The highest BCUT2D eigenvalue weighted by atomic mass is 19.2. The Kier molecular flexibility index (Phi) is 2.68. The average Bonchev–Trinajstić information content (AvgIpc) is 2.09. The van der Waals surface area contributed by atoms with Crippen molar-refractivity contribution < 1.29 is 27.5 Å². The predicted octanol–water partition coefficient (Wildman–Crippen LogP) is -0.0696. The lowest BCUT2D eigenvalue weighted by atomic mass is 10.2. The van der Waals surface area contributed by atoms with E-state index in [1.54, 1.807) is 0 Å². The molecule has 0 saturated carbocycles. The molecule has 0 unspecified atom stereocenters. The van der Waals surface area contributed by atoms with Crippen LogP contribution in [0.25, 0.3) is 0 Å². The Labute approximate surface area is 75.0 Å². The quantitative estimate of drug-likeness (QED) is 0.505. The number of carbonyl (C=O) groups is 1. The van der Waals surface area contributed by atoms with E-state index in [0.29, 0.717) is 0 Å². The third-order valence-corrected chi connectivity index (χ3v) is 1.41. The van der Waals surface area contributed by atoms with Crippen molar-refractivity contribution in [3.8, 4) is 0 Å². The minimum Gasteiger partial charge on any atom is -0.550 e. The zero-order valence-electron chi connectivity index (χ0n) is 6.48. The van der Waals surface area contributed by atoms with E-state index in [2.05, 4.69) is 4.98 Å². The van der Waals surface area contributed by atoms with Gasteiger partial charge in [-0.3, -0.25) is 0 Å².